The van der Waals surface area contributed by atoms with Gasteiger partial charge in [-0.3, -0.25) is 9.59 Å². The molecule has 0 radical (unpaired) electrons. The Morgan fingerprint density at radius 2 is 1.76 bits per heavy atom. The monoisotopic (exact) mass is 369 g/mol. The number of carbonyl (C=O) groups is 2. The van der Waals surface area contributed by atoms with Crippen LogP contribution in [0.25, 0.3) is 0 Å². The van der Waals surface area contributed by atoms with Gasteiger partial charge in [0.1, 0.15) is 5.75 Å². The molecule has 1 saturated carbocycles. The highest BCUT2D eigenvalue weighted by Crippen LogP contribution is 2.38. The lowest BCUT2D eigenvalue weighted by Crippen LogP contribution is -2.36. The van der Waals surface area contributed by atoms with Crippen LogP contribution >= 0.6 is 12.4 Å². The zero-order valence-corrected chi connectivity index (χ0v) is 15.5. The summed E-state index contributed by atoms with van der Waals surface area (Å²) in [4.78, 5) is 23.5. The Morgan fingerprint density at radius 1 is 1.12 bits per heavy atom. The molecule has 25 heavy (non-hydrogen) atoms. The average molecular weight is 370 g/mol. The first-order valence-corrected chi connectivity index (χ1v) is 8.50. The van der Waals surface area contributed by atoms with Crippen molar-refractivity contribution < 1.29 is 14.3 Å². The molecule has 0 heterocycles. The molecule has 0 saturated heterocycles. The van der Waals surface area contributed by atoms with Crippen LogP contribution in [0.1, 0.15) is 38.5 Å². The lowest BCUT2D eigenvalue weighted by Gasteiger charge is -2.35. The van der Waals surface area contributed by atoms with Crippen LogP contribution in [0.4, 0.5) is 5.69 Å². The fourth-order valence-electron chi connectivity index (χ4n) is 3.16. The number of halogens is 1. The first-order chi connectivity index (χ1) is 11.6. The molecule has 1 aromatic rings. The first-order valence-electron chi connectivity index (χ1n) is 8.50. The smallest absolute Gasteiger partial charge is 0.257 e. The topological polar surface area (TPSA) is 93.5 Å². The summed E-state index contributed by atoms with van der Waals surface area (Å²) in [6.45, 7) is 0.536. The van der Waals surface area contributed by atoms with Crippen LogP contribution in [0.3, 0.4) is 0 Å². The van der Waals surface area contributed by atoms with Gasteiger partial charge in [0.2, 0.25) is 5.91 Å². The number of anilines is 1. The number of rotatable bonds is 7. The molecule has 2 rings (SSSR count). The van der Waals surface area contributed by atoms with Crippen molar-refractivity contribution in [1.29, 1.82) is 0 Å². The summed E-state index contributed by atoms with van der Waals surface area (Å²) in [6, 6.07) is 7.01. The highest BCUT2D eigenvalue weighted by Gasteiger charge is 2.32. The van der Waals surface area contributed by atoms with Crippen LogP contribution in [-0.2, 0) is 9.59 Å². The standard InChI is InChI=1S/C18H27N3O3.ClH/c1-20-17(23)12-24-15-7-5-14(6-8-15)21-16(22)11-18(13-19)9-3-2-4-10-18;/h5-8H,2-4,9-13,19H2,1H3,(H,20,23)(H,21,22);1H. The van der Waals surface area contributed by atoms with E-state index in [0.29, 0.717) is 18.7 Å². The maximum Gasteiger partial charge on any atom is 0.257 e. The molecule has 0 atom stereocenters. The number of likely N-dealkylation sites (N-methyl/N-ethyl adjacent to an activating group) is 1. The van der Waals surface area contributed by atoms with Gasteiger partial charge in [0.05, 0.1) is 0 Å². The highest BCUT2D eigenvalue weighted by molar-refractivity contribution is 5.91. The quantitative estimate of drug-likeness (QED) is 0.688. The van der Waals surface area contributed by atoms with Crippen molar-refractivity contribution in [2.45, 2.75) is 38.5 Å². The highest BCUT2D eigenvalue weighted by atomic mass is 35.5. The van der Waals surface area contributed by atoms with E-state index in [-0.39, 0.29) is 36.2 Å². The molecule has 2 amide bonds. The normalized spacial score (nSPS) is 15.6. The first kappa shape index (κ1) is 21.3. The minimum Gasteiger partial charge on any atom is -0.484 e. The van der Waals surface area contributed by atoms with E-state index in [1.54, 1.807) is 31.3 Å². The molecular weight excluding hydrogens is 342 g/mol. The van der Waals surface area contributed by atoms with E-state index in [2.05, 4.69) is 10.6 Å². The number of nitrogens with one attached hydrogen (secondary N) is 2. The fourth-order valence-corrected chi connectivity index (χ4v) is 3.16. The van der Waals surface area contributed by atoms with E-state index in [4.69, 9.17) is 10.5 Å². The lowest BCUT2D eigenvalue weighted by molar-refractivity contribution is -0.122. The summed E-state index contributed by atoms with van der Waals surface area (Å²) in [5.41, 5.74) is 6.61. The fraction of sp³-hybridized carbons (Fsp3) is 0.556. The van der Waals surface area contributed by atoms with E-state index in [9.17, 15) is 9.59 Å². The Hall–Kier alpha value is -1.79. The van der Waals surface area contributed by atoms with Gasteiger partial charge in [0.15, 0.2) is 6.61 Å². The second kappa shape index (κ2) is 10.3. The van der Waals surface area contributed by atoms with Gasteiger partial charge in [0, 0.05) is 19.2 Å². The molecule has 0 bridgehead atoms. The van der Waals surface area contributed by atoms with Gasteiger partial charge < -0.3 is 21.1 Å². The third kappa shape index (κ3) is 6.55. The van der Waals surface area contributed by atoms with E-state index in [1.165, 1.54) is 6.42 Å². The predicted octanol–water partition coefficient (Wildman–Crippen LogP) is 2.47. The summed E-state index contributed by atoms with van der Waals surface area (Å²) in [5, 5.41) is 5.41. The molecule has 0 aromatic heterocycles. The van der Waals surface area contributed by atoms with Crippen molar-refractivity contribution in [1.82, 2.24) is 5.32 Å². The molecule has 1 aromatic carbocycles. The summed E-state index contributed by atoms with van der Waals surface area (Å²) in [7, 11) is 1.56. The van der Waals surface area contributed by atoms with E-state index in [0.717, 1.165) is 31.4 Å². The molecule has 140 valence electrons. The third-order valence-electron chi connectivity index (χ3n) is 4.67. The Labute approximate surface area is 155 Å². The van der Waals surface area contributed by atoms with Gasteiger partial charge >= 0.3 is 0 Å². The second-order valence-electron chi connectivity index (χ2n) is 6.48. The maximum absolute atomic E-state index is 12.3. The summed E-state index contributed by atoms with van der Waals surface area (Å²) < 4.78 is 5.33. The molecule has 1 aliphatic carbocycles. The third-order valence-corrected chi connectivity index (χ3v) is 4.67. The summed E-state index contributed by atoms with van der Waals surface area (Å²) in [6.07, 6.45) is 6.08. The van der Waals surface area contributed by atoms with E-state index < -0.39 is 0 Å². The Bertz CT molecular complexity index is 557. The molecular formula is C18H28ClN3O3. The number of nitrogens with two attached hydrogens (primary N) is 1. The Kier molecular flexibility index (Phi) is 8.72. The van der Waals surface area contributed by atoms with Gasteiger partial charge in [-0.2, -0.15) is 0 Å². The van der Waals surface area contributed by atoms with Gasteiger partial charge in [-0.25, -0.2) is 0 Å². The number of carbonyl (C=O) groups excluding carboxylic acids is 2. The van der Waals surface area contributed by atoms with Crippen LogP contribution in [0.5, 0.6) is 5.75 Å². The predicted molar refractivity (Wildman–Crippen MR) is 101 cm³/mol. The second-order valence-corrected chi connectivity index (χ2v) is 6.48. The minimum atomic E-state index is -0.188. The number of benzene rings is 1. The van der Waals surface area contributed by atoms with Crippen LogP contribution in [0.2, 0.25) is 0 Å². The zero-order valence-electron chi connectivity index (χ0n) is 14.7. The SMILES string of the molecule is CNC(=O)COc1ccc(NC(=O)CC2(CN)CCCCC2)cc1.Cl. The van der Waals surface area contributed by atoms with Crippen molar-refractivity contribution >= 4 is 29.9 Å². The van der Waals surface area contributed by atoms with Crippen LogP contribution in [0.15, 0.2) is 24.3 Å². The molecule has 0 aliphatic heterocycles. The number of ether oxygens (including phenoxy) is 1. The van der Waals surface area contributed by atoms with Crippen molar-refractivity contribution in [3.8, 4) is 5.75 Å². The molecule has 1 fully saturated rings. The van der Waals surface area contributed by atoms with Crippen LogP contribution in [0, 0.1) is 5.41 Å². The number of amides is 2. The van der Waals surface area contributed by atoms with Crippen molar-refractivity contribution in [3.63, 3.8) is 0 Å². The van der Waals surface area contributed by atoms with Crippen LogP contribution < -0.4 is 21.1 Å². The molecule has 0 spiro atoms. The largest absolute Gasteiger partial charge is 0.484 e. The Morgan fingerprint density at radius 3 is 2.32 bits per heavy atom. The Balaban J connectivity index is 0.00000312. The molecule has 4 N–H and O–H groups in total. The molecule has 1 aliphatic rings. The molecule has 7 heteroatoms. The van der Waals surface area contributed by atoms with Gasteiger partial charge in [-0.05, 0) is 49.1 Å². The molecule has 0 unspecified atom stereocenters. The van der Waals surface area contributed by atoms with Gasteiger partial charge in [0.25, 0.3) is 5.91 Å². The number of hydrogen-bond donors (Lipinski definition) is 3. The van der Waals surface area contributed by atoms with Crippen molar-refractivity contribution in [2.75, 3.05) is 25.5 Å². The van der Waals surface area contributed by atoms with Crippen LogP contribution in [-0.4, -0.2) is 32.0 Å². The van der Waals surface area contributed by atoms with E-state index in [1.807, 2.05) is 0 Å². The summed E-state index contributed by atoms with van der Waals surface area (Å²) >= 11 is 0. The van der Waals surface area contributed by atoms with Gasteiger partial charge in [-0.15, -0.1) is 12.4 Å². The zero-order chi connectivity index (χ0) is 17.4. The lowest BCUT2D eigenvalue weighted by atomic mass is 9.71. The average Bonchev–Trinajstić information content (AvgIpc) is 2.61. The summed E-state index contributed by atoms with van der Waals surface area (Å²) in [5.74, 6) is 0.399. The van der Waals surface area contributed by atoms with E-state index >= 15 is 0 Å². The van der Waals surface area contributed by atoms with Crippen molar-refractivity contribution in [2.24, 2.45) is 11.1 Å². The maximum atomic E-state index is 12.3. The van der Waals surface area contributed by atoms with Crippen molar-refractivity contribution in [3.05, 3.63) is 24.3 Å². The number of hydrogen-bond acceptors (Lipinski definition) is 4. The molecule has 6 nitrogen and oxygen atoms in total. The van der Waals surface area contributed by atoms with Gasteiger partial charge in [-0.1, -0.05) is 19.3 Å². The minimum absolute atomic E-state index is 0.